The summed E-state index contributed by atoms with van der Waals surface area (Å²) in [5.74, 6) is 0.738. The molecule has 9 nitrogen and oxygen atoms in total. The molecule has 5 N–H and O–H groups in total. The lowest BCUT2D eigenvalue weighted by molar-refractivity contribution is -0.0524. The normalized spacial score (nSPS) is 32.1. The number of aromatic nitrogens is 4. The summed E-state index contributed by atoms with van der Waals surface area (Å²) < 4.78 is 7.42. The molecular formula is C17H23N5O4S. The summed E-state index contributed by atoms with van der Waals surface area (Å²) in [6, 6.07) is 0. The fourth-order valence-corrected chi connectivity index (χ4v) is 4.33. The number of fused-ring (bicyclic) bond motifs is 1. The Balaban J connectivity index is 1.87. The second-order valence-corrected chi connectivity index (χ2v) is 7.64. The lowest BCUT2D eigenvalue weighted by Gasteiger charge is -2.23. The van der Waals surface area contributed by atoms with E-state index in [4.69, 9.17) is 22.7 Å². The van der Waals surface area contributed by atoms with Crippen LogP contribution in [0, 0.1) is 0 Å². The minimum Gasteiger partial charge on any atom is -0.394 e. The van der Waals surface area contributed by atoms with Gasteiger partial charge >= 0.3 is 0 Å². The second kappa shape index (κ2) is 7.36. The number of aliphatic hydroxyl groups excluding tert-OH is 3. The Labute approximate surface area is 161 Å². The molecule has 10 heteroatoms. The first kappa shape index (κ1) is 18.6. The number of nitrogens with zero attached hydrogens (tertiary/aromatic N) is 4. The average Bonchev–Trinajstić information content (AvgIpc) is 3.07. The number of aliphatic hydroxyl groups is 3. The standard InChI is InChI=1S/C17H23N5O4S/c18-14-11-16(20-7-19-14)22(17-13(25)12(24)9(6-23)26-17)15(21-11)8-4-2-1-3-5-10(8)27/h7-9,12-13,17,23-25H,1-6H2,(H2,18,19,20)/t8?,9-,12-,13-,17-/m1/s1. The molecule has 0 radical (unpaired) electrons. The van der Waals surface area contributed by atoms with Crippen LogP contribution in [0.1, 0.15) is 50.1 Å². The molecule has 1 saturated heterocycles. The Kier molecular flexibility index (Phi) is 5.08. The number of hydrogen-bond acceptors (Lipinski definition) is 9. The van der Waals surface area contributed by atoms with E-state index in [0.717, 1.165) is 37.0 Å². The smallest absolute Gasteiger partial charge is 0.167 e. The number of hydrogen-bond donors (Lipinski definition) is 4. The number of ether oxygens (including phenoxy) is 1. The Morgan fingerprint density at radius 2 is 2.04 bits per heavy atom. The number of nitrogen functional groups attached to an aromatic ring is 1. The minimum atomic E-state index is -1.24. The van der Waals surface area contributed by atoms with E-state index in [-0.39, 0.29) is 11.7 Å². The lowest BCUT2D eigenvalue weighted by atomic mass is 9.99. The van der Waals surface area contributed by atoms with E-state index in [1.807, 2.05) is 0 Å². The van der Waals surface area contributed by atoms with Gasteiger partial charge in [0.2, 0.25) is 0 Å². The van der Waals surface area contributed by atoms with Crippen molar-refractivity contribution < 1.29 is 20.1 Å². The molecule has 2 aromatic heterocycles. The molecule has 0 aromatic carbocycles. The van der Waals surface area contributed by atoms with E-state index in [2.05, 4.69) is 15.0 Å². The Morgan fingerprint density at radius 3 is 2.78 bits per heavy atom. The van der Waals surface area contributed by atoms with E-state index in [9.17, 15) is 15.3 Å². The topological polar surface area (TPSA) is 140 Å². The highest BCUT2D eigenvalue weighted by Crippen LogP contribution is 2.38. The van der Waals surface area contributed by atoms with Crippen molar-refractivity contribution in [1.29, 1.82) is 0 Å². The molecule has 1 saturated carbocycles. The van der Waals surface area contributed by atoms with E-state index in [0.29, 0.717) is 17.0 Å². The number of thiocarbonyl (C=S) groups is 1. The van der Waals surface area contributed by atoms with E-state index in [1.165, 1.54) is 6.33 Å². The maximum atomic E-state index is 10.6. The van der Waals surface area contributed by atoms with Crippen molar-refractivity contribution in [3.8, 4) is 0 Å². The minimum absolute atomic E-state index is 0.0998. The summed E-state index contributed by atoms with van der Waals surface area (Å²) in [5, 5.41) is 30.2. The van der Waals surface area contributed by atoms with Gasteiger partial charge in [-0.3, -0.25) is 4.57 Å². The first-order valence-corrected chi connectivity index (χ1v) is 9.57. The van der Waals surface area contributed by atoms with Gasteiger partial charge in [0.1, 0.15) is 30.5 Å². The van der Waals surface area contributed by atoms with E-state index in [1.54, 1.807) is 4.57 Å². The van der Waals surface area contributed by atoms with Crippen LogP contribution >= 0.6 is 12.2 Å². The number of anilines is 1. The molecule has 146 valence electrons. The molecule has 0 bridgehead atoms. The zero-order valence-corrected chi connectivity index (χ0v) is 15.5. The van der Waals surface area contributed by atoms with Gasteiger partial charge < -0.3 is 25.8 Å². The molecule has 3 heterocycles. The summed E-state index contributed by atoms with van der Waals surface area (Å²) in [7, 11) is 0. The zero-order valence-electron chi connectivity index (χ0n) is 14.7. The molecule has 2 aromatic rings. The summed E-state index contributed by atoms with van der Waals surface area (Å²) >= 11 is 5.65. The maximum Gasteiger partial charge on any atom is 0.167 e. The first-order valence-electron chi connectivity index (χ1n) is 9.16. The predicted molar refractivity (Wildman–Crippen MR) is 101 cm³/mol. The summed E-state index contributed by atoms with van der Waals surface area (Å²) in [4.78, 5) is 13.9. The van der Waals surface area contributed by atoms with Crippen molar-refractivity contribution in [1.82, 2.24) is 19.5 Å². The summed E-state index contributed by atoms with van der Waals surface area (Å²) in [6.07, 6.45) is 1.87. The highest BCUT2D eigenvalue weighted by molar-refractivity contribution is 7.80. The fourth-order valence-electron chi connectivity index (χ4n) is 3.97. The van der Waals surface area contributed by atoms with Gasteiger partial charge in [0.15, 0.2) is 23.2 Å². The highest BCUT2D eigenvalue weighted by atomic mass is 32.1. The Hall–Kier alpha value is -1.72. The van der Waals surface area contributed by atoms with Gasteiger partial charge in [-0.2, -0.15) is 0 Å². The van der Waals surface area contributed by atoms with Crippen molar-refractivity contribution >= 4 is 34.1 Å². The number of imidazole rings is 1. The largest absolute Gasteiger partial charge is 0.394 e. The van der Waals surface area contributed by atoms with Crippen LogP contribution in [0.4, 0.5) is 5.82 Å². The van der Waals surface area contributed by atoms with Crippen LogP contribution in [-0.2, 0) is 4.74 Å². The molecule has 2 aliphatic rings. The third-order valence-corrected chi connectivity index (χ3v) is 5.91. The zero-order chi connectivity index (χ0) is 19.1. The van der Waals surface area contributed by atoms with Gasteiger partial charge in [-0.1, -0.05) is 25.1 Å². The third kappa shape index (κ3) is 3.11. The van der Waals surface area contributed by atoms with Gasteiger partial charge in [0.25, 0.3) is 0 Å². The monoisotopic (exact) mass is 393 g/mol. The molecular weight excluding hydrogens is 370 g/mol. The fraction of sp³-hybridized carbons (Fsp3) is 0.647. The Bertz CT molecular complexity index is 859. The van der Waals surface area contributed by atoms with Gasteiger partial charge in [0.05, 0.1) is 6.61 Å². The van der Waals surface area contributed by atoms with Gasteiger partial charge in [-0.05, 0) is 19.3 Å². The third-order valence-electron chi connectivity index (χ3n) is 5.42. The van der Waals surface area contributed by atoms with Crippen molar-refractivity contribution in [3.05, 3.63) is 12.2 Å². The maximum absolute atomic E-state index is 10.6. The average molecular weight is 393 g/mol. The van der Waals surface area contributed by atoms with Gasteiger partial charge in [-0.15, -0.1) is 0 Å². The van der Waals surface area contributed by atoms with Crippen LogP contribution in [0.2, 0.25) is 0 Å². The molecule has 4 rings (SSSR count). The molecule has 5 atom stereocenters. The van der Waals surface area contributed by atoms with Gasteiger partial charge in [0, 0.05) is 10.8 Å². The van der Waals surface area contributed by atoms with Crippen molar-refractivity contribution in [2.24, 2.45) is 0 Å². The molecule has 2 fully saturated rings. The summed E-state index contributed by atoms with van der Waals surface area (Å²) in [6.45, 7) is -0.407. The second-order valence-electron chi connectivity index (χ2n) is 7.12. The van der Waals surface area contributed by atoms with Crippen molar-refractivity contribution in [2.75, 3.05) is 12.3 Å². The van der Waals surface area contributed by atoms with E-state index < -0.39 is 31.1 Å². The SMILES string of the molecule is Nc1ncnc2c1nc(C1CCCCCC1=S)n2[C@@H]1O[C@H](CO)[C@@H](O)[C@H]1O. The van der Waals surface area contributed by atoms with Crippen LogP contribution in [0.3, 0.4) is 0 Å². The molecule has 1 aliphatic carbocycles. The molecule has 27 heavy (non-hydrogen) atoms. The van der Waals surface area contributed by atoms with E-state index >= 15 is 0 Å². The van der Waals surface area contributed by atoms with Crippen LogP contribution in [0.25, 0.3) is 11.2 Å². The van der Waals surface area contributed by atoms with Crippen molar-refractivity contribution in [2.45, 2.75) is 62.6 Å². The van der Waals surface area contributed by atoms with Crippen LogP contribution < -0.4 is 5.73 Å². The quantitative estimate of drug-likeness (QED) is 0.432. The van der Waals surface area contributed by atoms with Crippen LogP contribution in [-0.4, -0.2) is 64.6 Å². The number of rotatable bonds is 3. The number of nitrogens with two attached hydrogens (primary N) is 1. The molecule has 0 amide bonds. The van der Waals surface area contributed by atoms with Gasteiger partial charge in [-0.25, -0.2) is 15.0 Å². The molecule has 0 spiro atoms. The lowest BCUT2D eigenvalue weighted by Crippen LogP contribution is -2.33. The summed E-state index contributed by atoms with van der Waals surface area (Å²) in [5.41, 5.74) is 6.83. The first-order chi connectivity index (χ1) is 13.0. The van der Waals surface area contributed by atoms with Crippen LogP contribution in [0.5, 0.6) is 0 Å². The predicted octanol–water partition coefficient (Wildman–Crippen LogP) is 0.438. The molecule has 1 aliphatic heterocycles. The van der Waals surface area contributed by atoms with Crippen LogP contribution in [0.15, 0.2) is 6.33 Å². The molecule has 1 unspecified atom stereocenters. The van der Waals surface area contributed by atoms with Crippen molar-refractivity contribution in [3.63, 3.8) is 0 Å². The Morgan fingerprint density at radius 1 is 1.22 bits per heavy atom. The highest BCUT2D eigenvalue weighted by Gasteiger charge is 2.45.